The third kappa shape index (κ3) is 2.81. The minimum Gasteiger partial charge on any atom is -0.307 e. The molecule has 23 heavy (non-hydrogen) atoms. The highest BCUT2D eigenvalue weighted by atomic mass is 19.4. The summed E-state index contributed by atoms with van der Waals surface area (Å²) in [6, 6.07) is 6.92. The molecule has 0 saturated heterocycles. The summed E-state index contributed by atoms with van der Waals surface area (Å²) < 4.78 is 53.1. The fourth-order valence-corrected chi connectivity index (χ4v) is 2.45. The van der Waals surface area contributed by atoms with Gasteiger partial charge in [0.25, 0.3) is 0 Å². The minimum absolute atomic E-state index is 0.00562. The molecule has 1 aromatic carbocycles. The normalized spacial score (nSPS) is 11.9. The number of aromatic amines is 1. The van der Waals surface area contributed by atoms with Crippen molar-refractivity contribution in [3.05, 3.63) is 63.7 Å². The number of nitrogens with one attached hydrogen (secondary N) is 1. The summed E-state index contributed by atoms with van der Waals surface area (Å²) in [5.41, 5.74) is -1.06. The SMILES string of the molecule is Cc1cc(=O)[nH]c2nc(-c3ccc(F)cc3)cc(C(F)(F)F)c12. The van der Waals surface area contributed by atoms with E-state index in [1.165, 1.54) is 19.1 Å². The average molecular weight is 322 g/mol. The number of hydrogen-bond donors (Lipinski definition) is 1. The van der Waals surface area contributed by atoms with E-state index in [9.17, 15) is 22.4 Å². The van der Waals surface area contributed by atoms with Crippen molar-refractivity contribution in [1.29, 1.82) is 0 Å². The maximum atomic E-state index is 13.4. The Hall–Kier alpha value is -2.70. The second kappa shape index (κ2) is 5.19. The van der Waals surface area contributed by atoms with Gasteiger partial charge in [-0.15, -0.1) is 0 Å². The number of nitrogens with zero attached hydrogens (tertiary/aromatic N) is 1. The fourth-order valence-electron chi connectivity index (χ4n) is 2.45. The van der Waals surface area contributed by atoms with Crippen molar-refractivity contribution in [3.8, 4) is 11.3 Å². The van der Waals surface area contributed by atoms with E-state index in [-0.39, 0.29) is 22.3 Å². The van der Waals surface area contributed by atoms with Crippen molar-refractivity contribution in [2.24, 2.45) is 0 Å². The van der Waals surface area contributed by atoms with Crippen LogP contribution in [0.3, 0.4) is 0 Å². The lowest BCUT2D eigenvalue weighted by Crippen LogP contribution is -2.12. The fraction of sp³-hybridized carbons (Fsp3) is 0.125. The molecule has 0 amide bonds. The zero-order valence-corrected chi connectivity index (χ0v) is 11.8. The number of pyridine rings is 2. The van der Waals surface area contributed by atoms with Gasteiger partial charge in [-0.1, -0.05) is 0 Å². The first-order valence-electron chi connectivity index (χ1n) is 6.63. The van der Waals surface area contributed by atoms with E-state index in [4.69, 9.17) is 0 Å². The molecular weight excluding hydrogens is 312 g/mol. The quantitative estimate of drug-likeness (QED) is 0.687. The Morgan fingerprint density at radius 1 is 1.09 bits per heavy atom. The average Bonchev–Trinajstić information content (AvgIpc) is 2.45. The van der Waals surface area contributed by atoms with Gasteiger partial charge in [0, 0.05) is 17.0 Å². The van der Waals surface area contributed by atoms with Crippen molar-refractivity contribution in [1.82, 2.24) is 9.97 Å². The first-order chi connectivity index (χ1) is 10.8. The van der Waals surface area contributed by atoms with Crippen LogP contribution in [-0.4, -0.2) is 9.97 Å². The maximum Gasteiger partial charge on any atom is 0.417 e. The van der Waals surface area contributed by atoms with Crippen LogP contribution in [0.25, 0.3) is 22.3 Å². The van der Waals surface area contributed by atoms with Gasteiger partial charge >= 0.3 is 6.18 Å². The molecule has 0 fully saturated rings. The number of fused-ring (bicyclic) bond motifs is 1. The van der Waals surface area contributed by atoms with Gasteiger partial charge in [-0.2, -0.15) is 13.2 Å². The van der Waals surface area contributed by atoms with E-state index in [1.807, 2.05) is 0 Å². The van der Waals surface area contributed by atoms with Crippen LogP contribution in [0.4, 0.5) is 17.6 Å². The Morgan fingerprint density at radius 2 is 1.74 bits per heavy atom. The number of H-pyrrole nitrogens is 1. The van der Waals surface area contributed by atoms with Gasteiger partial charge in [-0.25, -0.2) is 9.37 Å². The topological polar surface area (TPSA) is 45.8 Å². The molecule has 1 N–H and O–H groups in total. The van der Waals surface area contributed by atoms with E-state index in [1.54, 1.807) is 0 Å². The van der Waals surface area contributed by atoms with Crippen molar-refractivity contribution in [2.45, 2.75) is 13.1 Å². The first-order valence-corrected chi connectivity index (χ1v) is 6.63. The van der Waals surface area contributed by atoms with E-state index in [0.717, 1.165) is 24.3 Å². The molecular formula is C16H10F4N2O. The number of hydrogen-bond acceptors (Lipinski definition) is 2. The van der Waals surface area contributed by atoms with Crippen molar-refractivity contribution < 1.29 is 17.6 Å². The van der Waals surface area contributed by atoms with Crippen LogP contribution in [0.15, 0.2) is 41.2 Å². The number of halogens is 4. The first kappa shape index (κ1) is 15.2. The molecule has 0 radical (unpaired) electrons. The number of benzene rings is 1. The summed E-state index contributed by atoms with van der Waals surface area (Å²) in [5.74, 6) is -0.505. The molecule has 2 aromatic heterocycles. The molecule has 0 unspecified atom stereocenters. The van der Waals surface area contributed by atoms with Gasteiger partial charge in [0.1, 0.15) is 11.5 Å². The number of aryl methyl sites for hydroxylation is 1. The molecule has 2 heterocycles. The Labute approximate surface area is 127 Å². The molecule has 0 atom stereocenters. The van der Waals surface area contributed by atoms with E-state index in [0.29, 0.717) is 5.56 Å². The van der Waals surface area contributed by atoms with Gasteiger partial charge in [0.2, 0.25) is 5.56 Å². The molecule has 0 aliphatic heterocycles. The van der Waals surface area contributed by atoms with Crippen LogP contribution < -0.4 is 5.56 Å². The molecule has 0 aliphatic rings. The maximum absolute atomic E-state index is 13.4. The van der Waals surface area contributed by atoms with Crippen LogP contribution in [-0.2, 0) is 6.18 Å². The Balaban J connectivity index is 2.38. The molecule has 0 saturated carbocycles. The van der Waals surface area contributed by atoms with Gasteiger partial charge in [0.15, 0.2) is 0 Å². The van der Waals surface area contributed by atoms with Crippen LogP contribution in [0.1, 0.15) is 11.1 Å². The van der Waals surface area contributed by atoms with Crippen molar-refractivity contribution in [3.63, 3.8) is 0 Å². The monoisotopic (exact) mass is 322 g/mol. The lowest BCUT2D eigenvalue weighted by Gasteiger charge is -2.14. The van der Waals surface area contributed by atoms with E-state index in [2.05, 4.69) is 9.97 Å². The van der Waals surface area contributed by atoms with Gasteiger partial charge in [-0.05, 0) is 42.8 Å². The Morgan fingerprint density at radius 3 is 2.35 bits per heavy atom. The highest BCUT2D eigenvalue weighted by molar-refractivity contribution is 5.85. The summed E-state index contributed by atoms with van der Waals surface area (Å²) in [7, 11) is 0. The second-order valence-electron chi connectivity index (χ2n) is 5.10. The highest BCUT2D eigenvalue weighted by Gasteiger charge is 2.34. The number of aromatic nitrogens is 2. The summed E-state index contributed by atoms with van der Waals surface area (Å²) in [6.07, 6.45) is -4.61. The summed E-state index contributed by atoms with van der Waals surface area (Å²) in [5, 5.41) is -0.150. The lowest BCUT2D eigenvalue weighted by molar-refractivity contribution is -0.136. The zero-order valence-electron chi connectivity index (χ0n) is 11.8. The molecule has 118 valence electrons. The van der Waals surface area contributed by atoms with Crippen molar-refractivity contribution >= 4 is 11.0 Å². The molecule has 0 spiro atoms. The molecule has 3 nitrogen and oxygen atoms in total. The Bertz CT molecular complexity index is 943. The highest BCUT2D eigenvalue weighted by Crippen LogP contribution is 2.37. The van der Waals surface area contributed by atoms with Crippen LogP contribution >= 0.6 is 0 Å². The number of alkyl halides is 3. The molecule has 3 aromatic rings. The molecule has 3 rings (SSSR count). The molecule has 0 bridgehead atoms. The van der Waals surface area contributed by atoms with Crippen LogP contribution in [0.2, 0.25) is 0 Å². The third-order valence-corrected chi connectivity index (χ3v) is 3.45. The largest absolute Gasteiger partial charge is 0.417 e. The number of rotatable bonds is 1. The van der Waals surface area contributed by atoms with Crippen molar-refractivity contribution in [2.75, 3.05) is 0 Å². The summed E-state index contributed by atoms with van der Waals surface area (Å²) >= 11 is 0. The van der Waals surface area contributed by atoms with Gasteiger partial charge in [-0.3, -0.25) is 4.79 Å². The van der Waals surface area contributed by atoms with Crippen LogP contribution in [0, 0.1) is 12.7 Å². The summed E-state index contributed by atoms with van der Waals surface area (Å²) in [4.78, 5) is 17.9. The zero-order chi connectivity index (χ0) is 16.8. The second-order valence-corrected chi connectivity index (χ2v) is 5.10. The third-order valence-electron chi connectivity index (χ3n) is 3.45. The summed E-state index contributed by atoms with van der Waals surface area (Å²) in [6.45, 7) is 1.42. The predicted molar refractivity (Wildman–Crippen MR) is 77.5 cm³/mol. The molecule has 7 heteroatoms. The van der Waals surface area contributed by atoms with Crippen LogP contribution in [0.5, 0.6) is 0 Å². The van der Waals surface area contributed by atoms with E-state index < -0.39 is 23.1 Å². The van der Waals surface area contributed by atoms with E-state index >= 15 is 0 Å². The molecule has 0 aliphatic carbocycles. The minimum atomic E-state index is -4.61. The standard InChI is InChI=1S/C16H10F4N2O/c1-8-6-13(23)22-15-14(8)11(16(18,19)20)7-12(21-15)9-2-4-10(17)5-3-9/h2-7H,1H3,(H,21,22,23). The predicted octanol–water partition coefficient (Wildman–Crippen LogP) is 4.06. The lowest BCUT2D eigenvalue weighted by atomic mass is 10.0. The Kier molecular flexibility index (Phi) is 3.43. The van der Waals surface area contributed by atoms with Gasteiger partial charge in [0.05, 0.1) is 11.3 Å². The van der Waals surface area contributed by atoms with Gasteiger partial charge < -0.3 is 4.98 Å². The smallest absolute Gasteiger partial charge is 0.307 e.